The summed E-state index contributed by atoms with van der Waals surface area (Å²) in [5, 5.41) is 3.22. The zero-order valence-electron chi connectivity index (χ0n) is 20.1. The maximum atomic E-state index is 12.9. The molecule has 1 N–H and O–H groups in total. The lowest BCUT2D eigenvalue weighted by Crippen LogP contribution is -2.44. The van der Waals surface area contributed by atoms with E-state index >= 15 is 0 Å². The van der Waals surface area contributed by atoms with Crippen molar-refractivity contribution in [2.24, 2.45) is 5.92 Å². The van der Waals surface area contributed by atoms with Crippen LogP contribution in [-0.2, 0) is 17.8 Å². The molecule has 33 heavy (non-hydrogen) atoms. The van der Waals surface area contributed by atoms with E-state index in [1.54, 1.807) is 6.33 Å². The molecule has 8 heteroatoms. The molecule has 2 aromatic heterocycles. The van der Waals surface area contributed by atoms with E-state index in [0.717, 1.165) is 74.7 Å². The summed E-state index contributed by atoms with van der Waals surface area (Å²) in [6.07, 6.45) is 13.2. The quantitative estimate of drug-likeness (QED) is 0.677. The smallest absolute Gasteiger partial charge is 0.224 e. The first-order chi connectivity index (χ1) is 16.2. The monoisotopic (exact) mass is 453 g/mol. The summed E-state index contributed by atoms with van der Waals surface area (Å²) in [6.45, 7) is 8.01. The van der Waals surface area contributed by atoms with Crippen LogP contribution in [0.15, 0.2) is 6.33 Å². The second kappa shape index (κ2) is 10.4. The lowest BCUT2D eigenvalue weighted by molar-refractivity contribution is -0.125. The molecule has 2 saturated heterocycles. The third kappa shape index (κ3) is 5.00. The Hall–Kier alpha value is -2.22. The van der Waals surface area contributed by atoms with Gasteiger partial charge < -0.3 is 19.7 Å². The van der Waals surface area contributed by atoms with Crippen molar-refractivity contribution in [3.05, 3.63) is 12.2 Å². The maximum absolute atomic E-state index is 12.9. The Morgan fingerprint density at radius 1 is 1.06 bits per heavy atom. The summed E-state index contributed by atoms with van der Waals surface area (Å²) in [4.78, 5) is 32.0. The van der Waals surface area contributed by atoms with Crippen LogP contribution in [0.2, 0.25) is 0 Å². The summed E-state index contributed by atoms with van der Waals surface area (Å²) in [5.41, 5.74) is 1.86. The number of aryl methyl sites for hydroxylation is 2. The first-order valence-corrected chi connectivity index (χ1v) is 13.2. The third-order valence-corrected chi connectivity index (χ3v) is 7.83. The van der Waals surface area contributed by atoms with E-state index in [9.17, 15) is 4.79 Å². The lowest BCUT2D eigenvalue weighted by atomic mass is 9.97. The van der Waals surface area contributed by atoms with Crippen molar-refractivity contribution in [1.29, 1.82) is 0 Å². The molecule has 3 aliphatic heterocycles. The highest BCUT2D eigenvalue weighted by molar-refractivity contribution is 5.85. The zero-order valence-corrected chi connectivity index (χ0v) is 20.1. The Morgan fingerprint density at radius 2 is 1.97 bits per heavy atom. The highest BCUT2D eigenvalue weighted by atomic mass is 16.1. The van der Waals surface area contributed by atoms with Gasteiger partial charge in [0.1, 0.15) is 12.2 Å². The molecule has 8 nitrogen and oxygen atoms in total. The maximum Gasteiger partial charge on any atom is 0.224 e. The van der Waals surface area contributed by atoms with Gasteiger partial charge in [-0.05, 0) is 58.4 Å². The molecule has 1 amide bonds. The molecule has 0 unspecified atom stereocenters. The van der Waals surface area contributed by atoms with Crippen LogP contribution in [-0.4, -0.2) is 69.1 Å². The molecular formula is C25H39N7O. The fraction of sp³-hybridized carbons (Fsp3) is 0.760. The highest BCUT2D eigenvalue weighted by Crippen LogP contribution is 2.29. The van der Waals surface area contributed by atoms with Gasteiger partial charge in [0.25, 0.3) is 0 Å². The van der Waals surface area contributed by atoms with Crippen LogP contribution in [0.1, 0.15) is 70.5 Å². The minimum atomic E-state index is 0.0121. The standard InChI is InChI=1S/C25H39N7O/c1-19-9-4-6-13-30(19)15-8-12-26-25(33)20-10-7-14-31(17-20)23-22-24(28-18-27-23)32-16-5-2-3-11-21(32)29-22/h18-20H,2-17H2,1H3,(H,26,33)/t19-,20+/m0/s1. The van der Waals surface area contributed by atoms with Crippen molar-refractivity contribution in [3.8, 4) is 0 Å². The number of piperidine rings is 2. The number of aromatic nitrogens is 4. The number of hydrogen-bond acceptors (Lipinski definition) is 6. The van der Waals surface area contributed by atoms with Crippen molar-refractivity contribution >= 4 is 22.9 Å². The van der Waals surface area contributed by atoms with E-state index in [1.807, 2.05) is 0 Å². The molecule has 180 valence electrons. The van der Waals surface area contributed by atoms with Crippen LogP contribution in [0, 0.1) is 5.92 Å². The van der Waals surface area contributed by atoms with Gasteiger partial charge in [-0.25, -0.2) is 15.0 Å². The molecule has 0 bridgehead atoms. The van der Waals surface area contributed by atoms with Crippen molar-refractivity contribution in [1.82, 2.24) is 29.7 Å². The second-order valence-corrected chi connectivity index (χ2v) is 10.2. The molecule has 0 saturated carbocycles. The van der Waals surface area contributed by atoms with Gasteiger partial charge in [-0.15, -0.1) is 0 Å². The Morgan fingerprint density at radius 3 is 2.88 bits per heavy atom. The number of carbonyl (C=O) groups excluding carboxylic acids is 1. The minimum absolute atomic E-state index is 0.0121. The largest absolute Gasteiger partial charge is 0.356 e. The normalized spacial score (nSPS) is 24.5. The molecule has 0 spiro atoms. The fourth-order valence-corrected chi connectivity index (χ4v) is 5.87. The predicted molar refractivity (Wildman–Crippen MR) is 130 cm³/mol. The minimum Gasteiger partial charge on any atom is -0.356 e. The molecule has 2 atom stereocenters. The van der Waals surface area contributed by atoms with Gasteiger partial charge in [0, 0.05) is 45.2 Å². The van der Waals surface area contributed by atoms with E-state index in [4.69, 9.17) is 4.98 Å². The zero-order chi connectivity index (χ0) is 22.6. The van der Waals surface area contributed by atoms with Gasteiger partial charge in [-0.1, -0.05) is 12.8 Å². The van der Waals surface area contributed by atoms with Gasteiger partial charge in [-0.2, -0.15) is 0 Å². The number of fused-ring (bicyclic) bond motifs is 3. The third-order valence-electron chi connectivity index (χ3n) is 7.83. The summed E-state index contributed by atoms with van der Waals surface area (Å²) in [5.74, 6) is 2.24. The highest BCUT2D eigenvalue weighted by Gasteiger charge is 2.29. The summed E-state index contributed by atoms with van der Waals surface area (Å²) < 4.78 is 2.28. The average molecular weight is 454 g/mol. The van der Waals surface area contributed by atoms with Crippen LogP contribution in [0.3, 0.4) is 0 Å². The number of likely N-dealkylation sites (tertiary alicyclic amines) is 1. The van der Waals surface area contributed by atoms with Crippen LogP contribution in [0.25, 0.3) is 11.2 Å². The summed E-state index contributed by atoms with van der Waals surface area (Å²) in [6, 6.07) is 0.684. The Kier molecular flexibility index (Phi) is 7.09. The molecule has 0 radical (unpaired) electrons. The van der Waals surface area contributed by atoms with Gasteiger partial charge >= 0.3 is 0 Å². The Balaban J connectivity index is 1.19. The molecule has 2 fully saturated rings. The number of hydrogen-bond donors (Lipinski definition) is 1. The van der Waals surface area contributed by atoms with E-state index < -0.39 is 0 Å². The fourth-order valence-electron chi connectivity index (χ4n) is 5.87. The Labute approximate surface area is 197 Å². The number of anilines is 1. The number of amides is 1. The van der Waals surface area contributed by atoms with Crippen LogP contribution >= 0.6 is 0 Å². The summed E-state index contributed by atoms with van der Waals surface area (Å²) >= 11 is 0. The topological polar surface area (TPSA) is 79.2 Å². The van der Waals surface area contributed by atoms with Crippen molar-refractivity contribution < 1.29 is 4.79 Å². The van der Waals surface area contributed by atoms with E-state index in [-0.39, 0.29) is 11.8 Å². The summed E-state index contributed by atoms with van der Waals surface area (Å²) in [7, 11) is 0. The van der Waals surface area contributed by atoms with Crippen LogP contribution in [0.5, 0.6) is 0 Å². The second-order valence-electron chi connectivity index (χ2n) is 10.2. The van der Waals surface area contributed by atoms with Crippen molar-refractivity contribution in [2.75, 3.05) is 37.6 Å². The number of nitrogens with one attached hydrogen (secondary N) is 1. The van der Waals surface area contributed by atoms with E-state index in [1.165, 1.54) is 45.1 Å². The number of carbonyl (C=O) groups is 1. The molecular weight excluding hydrogens is 414 g/mol. The lowest BCUT2D eigenvalue weighted by Gasteiger charge is -2.34. The molecule has 3 aliphatic rings. The predicted octanol–water partition coefficient (Wildman–Crippen LogP) is 3.15. The molecule has 0 aromatic carbocycles. The van der Waals surface area contributed by atoms with Crippen molar-refractivity contribution in [2.45, 2.75) is 83.7 Å². The number of imidazole rings is 1. The first kappa shape index (κ1) is 22.6. The van der Waals surface area contributed by atoms with Gasteiger partial charge in [0.2, 0.25) is 5.91 Å². The van der Waals surface area contributed by atoms with Gasteiger partial charge in [0.15, 0.2) is 17.0 Å². The van der Waals surface area contributed by atoms with Gasteiger partial charge in [-0.3, -0.25) is 4.79 Å². The van der Waals surface area contributed by atoms with Crippen LogP contribution in [0.4, 0.5) is 5.82 Å². The molecule has 2 aromatic rings. The molecule has 5 rings (SSSR count). The van der Waals surface area contributed by atoms with Crippen molar-refractivity contribution in [3.63, 3.8) is 0 Å². The van der Waals surface area contributed by atoms with Gasteiger partial charge in [0.05, 0.1) is 5.92 Å². The average Bonchev–Trinajstić information content (AvgIpc) is 3.03. The van der Waals surface area contributed by atoms with E-state index in [0.29, 0.717) is 12.6 Å². The SMILES string of the molecule is C[C@H]1CCCCN1CCCNC(=O)[C@@H]1CCCN(c2ncnc3c2nc2n3CCCCC2)C1. The number of rotatable bonds is 6. The van der Waals surface area contributed by atoms with Crippen LogP contribution < -0.4 is 10.2 Å². The molecule has 0 aliphatic carbocycles. The molecule has 5 heterocycles. The van der Waals surface area contributed by atoms with E-state index in [2.05, 4.69) is 36.6 Å². The Bertz CT molecular complexity index is 958. The first-order valence-electron chi connectivity index (χ1n) is 13.2. The number of nitrogens with zero attached hydrogens (tertiary/aromatic N) is 6.